The largest absolute Gasteiger partial charge is 0.497 e. The normalized spacial score (nSPS) is 10.8. The number of benzene rings is 2. The summed E-state index contributed by atoms with van der Waals surface area (Å²) in [5.41, 5.74) is 3.61. The van der Waals surface area contributed by atoms with Crippen molar-refractivity contribution in [1.29, 1.82) is 0 Å². The summed E-state index contributed by atoms with van der Waals surface area (Å²) in [6, 6.07) is 14.6. The monoisotopic (exact) mass is 317 g/mol. The molecule has 0 saturated heterocycles. The first-order chi connectivity index (χ1) is 10.6. The lowest BCUT2D eigenvalue weighted by molar-refractivity contribution is 0.299. The van der Waals surface area contributed by atoms with E-state index in [4.69, 9.17) is 9.84 Å². The molecule has 0 unspecified atom stereocenters. The summed E-state index contributed by atoms with van der Waals surface area (Å²) in [5.74, 6) is 0.878. The lowest BCUT2D eigenvalue weighted by atomic mass is 10.1. The molecule has 2 aromatic rings. The maximum Gasteiger partial charge on any atom is 0.118 e. The highest BCUT2D eigenvalue weighted by Crippen LogP contribution is 2.29. The minimum absolute atomic E-state index is 0.196. The van der Waals surface area contributed by atoms with Crippen LogP contribution in [0.25, 0.3) is 0 Å². The molecule has 0 fully saturated rings. The molecule has 0 amide bonds. The van der Waals surface area contributed by atoms with Crippen molar-refractivity contribution in [2.45, 2.75) is 13.0 Å². The van der Waals surface area contributed by atoms with Gasteiger partial charge in [0.1, 0.15) is 5.75 Å². The minimum Gasteiger partial charge on any atom is -0.497 e. The SMILES string of the molecule is COc1ccc(CNc2ccc(CCO)cc2P(C)C)cc1. The maximum atomic E-state index is 9.09. The van der Waals surface area contributed by atoms with E-state index in [0.29, 0.717) is 0 Å². The number of aliphatic hydroxyl groups excluding tert-OH is 1. The molecule has 2 N–H and O–H groups in total. The quantitative estimate of drug-likeness (QED) is 0.771. The lowest BCUT2D eigenvalue weighted by Gasteiger charge is -2.16. The van der Waals surface area contributed by atoms with Gasteiger partial charge in [0.05, 0.1) is 7.11 Å². The van der Waals surface area contributed by atoms with Crippen LogP contribution in [0.2, 0.25) is 0 Å². The van der Waals surface area contributed by atoms with E-state index in [9.17, 15) is 0 Å². The highest BCUT2D eigenvalue weighted by molar-refractivity contribution is 7.64. The van der Waals surface area contributed by atoms with Crippen molar-refractivity contribution in [3.8, 4) is 5.75 Å². The van der Waals surface area contributed by atoms with E-state index >= 15 is 0 Å². The summed E-state index contributed by atoms with van der Waals surface area (Å²) in [6.07, 6.45) is 0.717. The molecule has 0 saturated carbocycles. The van der Waals surface area contributed by atoms with E-state index < -0.39 is 0 Å². The number of rotatable bonds is 7. The minimum atomic E-state index is -0.196. The van der Waals surface area contributed by atoms with E-state index in [-0.39, 0.29) is 14.5 Å². The molecule has 118 valence electrons. The van der Waals surface area contributed by atoms with E-state index in [1.807, 2.05) is 12.1 Å². The van der Waals surface area contributed by atoms with Crippen molar-refractivity contribution in [3.63, 3.8) is 0 Å². The predicted molar refractivity (Wildman–Crippen MR) is 96.0 cm³/mol. The molecule has 0 aromatic heterocycles. The second-order valence-corrected chi connectivity index (χ2v) is 7.69. The van der Waals surface area contributed by atoms with Gasteiger partial charge in [0.2, 0.25) is 0 Å². The van der Waals surface area contributed by atoms with Gasteiger partial charge in [0.25, 0.3) is 0 Å². The van der Waals surface area contributed by atoms with Crippen LogP contribution in [-0.4, -0.2) is 32.2 Å². The van der Waals surface area contributed by atoms with Crippen LogP contribution >= 0.6 is 7.92 Å². The maximum absolute atomic E-state index is 9.09. The standard InChI is InChI=1S/C18H24NO2P/c1-21-16-7-4-15(5-8-16)13-19-17-9-6-14(10-11-20)12-18(17)22(2)3/h4-9,12,19-20H,10-11,13H2,1-3H3. The zero-order valence-corrected chi connectivity index (χ0v) is 14.4. The Kier molecular flexibility index (Phi) is 6.23. The molecule has 0 spiro atoms. The number of anilines is 1. The van der Waals surface area contributed by atoms with Gasteiger partial charge in [-0.25, -0.2) is 0 Å². The third-order valence-electron chi connectivity index (χ3n) is 3.59. The molecular weight excluding hydrogens is 293 g/mol. The zero-order valence-electron chi connectivity index (χ0n) is 13.5. The Morgan fingerprint density at radius 3 is 2.32 bits per heavy atom. The number of nitrogens with one attached hydrogen (secondary N) is 1. The number of aliphatic hydroxyl groups is 1. The van der Waals surface area contributed by atoms with Crippen molar-refractivity contribution >= 4 is 18.9 Å². The van der Waals surface area contributed by atoms with Gasteiger partial charge in [0.15, 0.2) is 0 Å². The van der Waals surface area contributed by atoms with Gasteiger partial charge in [0, 0.05) is 18.8 Å². The zero-order chi connectivity index (χ0) is 15.9. The van der Waals surface area contributed by atoms with Gasteiger partial charge in [-0.2, -0.15) is 0 Å². The molecule has 0 aliphatic heterocycles. The first-order valence-electron chi connectivity index (χ1n) is 7.42. The van der Waals surface area contributed by atoms with E-state index in [2.05, 4.69) is 49.0 Å². The summed E-state index contributed by atoms with van der Waals surface area (Å²) in [7, 11) is 1.48. The van der Waals surface area contributed by atoms with Crippen LogP contribution in [0.5, 0.6) is 5.75 Å². The van der Waals surface area contributed by atoms with Gasteiger partial charge in [-0.1, -0.05) is 26.1 Å². The highest BCUT2D eigenvalue weighted by atomic mass is 31.1. The third kappa shape index (κ3) is 4.46. The number of hydrogen-bond acceptors (Lipinski definition) is 3. The van der Waals surface area contributed by atoms with Crippen LogP contribution in [0, 0.1) is 0 Å². The van der Waals surface area contributed by atoms with Crippen LogP contribution in [0.4, 0.5) is 5.69 Å². The molecule has 0 heterocycles. The average Bonchev–Trinajstić information content (AvgIpc) is 2.54. The van der Waals surface area contributed by atoms with Crippen LogP contribution in [-0.2, 0) is 13.0 Å². The smallest absolute Gasteiger partial charge is 0.118 e. The van der Waals surface area contributed by atoms with Crippen LogP contribution in [0.3, 0.4) is 0 Å². The molecule has 0 radical (unpaired) electrons. The topological polar surface area (TPSA) is 41.5 Å². The molecule has 22 heavy (non-hydrogen) atoms. The van der Waals surface area contributed by atoms with Crippen molar-refractivity contribution in [2.24, 2.45) is 0 Å². The molecule has 2 aromatic carbocycles. The Balaban J connectivity index is 2.10. The number of methoxy groups -OCH3 is 1. The molecule has 2 rings (SSSR count). The third-order valence-corrected chi connectivity index (χ3v) is 4.92. The number of ether oxygens (including phenoxy) is 1. The Morgan fingerprint density at radius 1 is 1.05 bits per heavy atom. The summed E-state index contributed by atoms with van der Waals surface area (Å²) in [6.45, 7) is 5.50. The summed E-state index contributed by atoms with van der Waals surface area (Å²) in [5, 5.41) is 14.0. The van der Waals surface area contributed by atoms with E-state index in [1.54, 1.807) is 7.11 Å². The molecule has 4 heteroatoms. The van der Waals surface area contributed by atoms with E-state index in [0.717, 1.165) is 18.7 Å². The lowest BCUT2D eigenvalue weighted by Crippen LogP contribution is -2.12. The first kappa shape index (κ1) is 16.8. The molecule has 3 nitrogen and oxygen atoms in total. The van der Waals surface area contributed by atoms with Crippen LogP contribution in [0.15, 0.2) is 42.5 Å². The van der Waals surface area contributed by atoms with Gasteiger partial charge in [-0.3, -0.25) is 0 Å². The average molecular weight is 317 g/mol. The van der Waals surface area contributed by atoms with Crippen molar-refractivity contribution in [2.75, 3.05) is 32.4 Å². The molecule has 0 atom stereocenters. The van der Waals surface area contributed by atoms with Gasteiger partial charge >= 0.3 is 0 Å². The molecule has 0 bridgehead atoms. The fourth-order valence-corrected chi connectivity index (χ4v) is 3.38. The second-order valence-electron chi connectivity index (χ2n) is 5.42. The highest BCUT2D eigenvalue weighted by Gasteiger charge is 2.07. The summed E-state index contributed by atoms with van der Waals surface area (Å²) in [4.78, 5) is 0. The molecule has 0 aliphatic carbocycles. The molecular formula is C18H24NO2P. The van der Waals surface area contributed by atoms with Crippen LogP contribution < -0.4 is 15.4 Å². The van der Waals surface area contributed by atoms with Crippen molar-refractivity contribution < 1.29 is 9.84 Å². The van der Waals surface area contributed by atoms with E-state index in [1.165, 1.54) is 22.1 Å². The fraction of sp³-hybridized carbons (Fsp3) is 0.333. The Labute approximate surface area is 134 Å². The Bertz CT molecular complexity index is 597. The Morgan fingerprint density at radius 2 is 1.73 bits per heavy atom. The summed E-state index contributed by atoms with van der Waals surface area (Å²) >= 11 is 0. The number of hydrogen-bond donors (Lipinski definition) is 2. The summed E-state index contributed by atoms with van der Waals surface area (Å²) < 4.78 is 5.18. The van der Waals surface area contributed by atoms with Crippen molar-refractivity contribution in [3.05, 3.63) is 53.6 Å². The predicted octanol–water partition coefficient (Wildman–Crippen LogP) is 3.21. The fourth-order valence-electron chi connectivity index (χ4n) is 2.32. The Hall–Kier alpha value is -1.57. The van der Waals surface area contributed by atoms with Gasteiger partial charge in [-0.15, -0.1) is 0 Å². The van der Waals surface area contributed by atoms with Crippen LogP contribution in [0.1, 0.15) is 11.1 Å². The van der Waals surface area contributed by atoms with Gasteiger partial charge < -0.3 is 15.2 Å². The molecule has 0 aliphatic rings. The first-order valence-corrected chi connectivity index (χ1v) is 9.65. The second kappa shape index (κ2) is 8.17. The van der Waals surface area contributed by atoms with Crippen molar-refractivity contribution in [1.82, 2.24) is 0 Å². The van der Waals surface area contributed by atoms with Gasteiger partial charge in [-0.05, 0) is 60.4 Å².